The summed E-state index contributed by atoms with van der Waals surface area (Å²) in [5, 5.41) is 11.9. The Hall–Kier alpha value is -3.35. The van der Waals surface area contributed by atoms with Gasteiger partial charge in [0.15, 0.2) is 0 Å². The maximum Gasteiger partial charge on any atom is 0.407 e. The molecule has 2 aliphatic rings. The summed E-state index contributed by atoms with van der Waals surface area (Å²) in [5.41, 5.74) is 4.63. The zero-order valence-electron chi connectivity index (χ0n) is 18.8. The molecular formula is C26H30N2O5. The standard InChI is InChI=1S/C26H30N2O5/c1-2-17(14-24(29)28-13-7-8-18(28)15-25(30)31)27-26(32)33-16-23-21-11-5-3-9-19(21)20-10-4-6-12-22(20)23/h3-6,9-12,17-18,23H,2,7-8,13-16H2,1H3,(H,27,32)(H,30,31)/t17-,18?/m1/s1. The average Bonchev–Trinajstić information content (AvgIpc) is 3.39. The van der Waals surface area contributed by atoms with Crippen molar-refractivity contribution in [3.8, 4) is 11.1 Å². The number of ether oxygens (including phenoxy) is 1. The van der Waals surface area contributed by atoms with E-state index in [2.05, 4.69) is 29.6 Å². The smallest absolute Gasteiger partial charge is 0.407 e. The van der Waals surface area contributed by atoms with Crippen LogP contribution in [0.4, 0.5) is 4.79 Å². The number of rotatable bonds is 8. The Kier molecular flexibility index (Phi) is 6.96. The highest BCUT2D eigenvalue weighted by atomic mass is 16.5. The van der Waals surface area contributed by atoms with Gasteiger partial charge in [-0.25, -0.2) is 4.79 Å². The Bertz CT molecular complexity index is 991. The summed E-state index contributed by atoms with van der Waals surface area (Å²) in [7, 11) is 0. The summed E-state index contributed by atoms with van der Waals surface area (Å²) in [5.74, 6) is -1.04. The molecule has 2 aromatic rings. The quantitative estimate of drug-likeness (QED) is 0.630. The summed E-state index contributed by atoms with van der Waals surface area (Å²) in [6, 6.07) is 15.7. The minimum absolute atomic E-state index is 0.0220. The maximum absolute atomic E-state index is 12.8. The van der Waals surface area contributed by atoms with E-state index in [9.17, 15) is 14.4 Å². The maximum atomic E-state index is 12.8. The molecule has 1 heterocycles. The van der Waals surface area contributed by atoms with E-state index in [0.717, 1.165) is 17.5 Å². The average molecular weight is 451 g/mol. The third-order valence-corrected chi connectivity index (χ3v) is 6.69. The fourth-order valence-electron chi connectivity index (χ4n) is 5.01. The molecule has 2 amide bonds. The molecule has 1 aliphatic heterocycles. The lowest BCUT2D eigenvalue weighted by Gasteiger charge is -2.26. The number of hydrogen-bond donors (Lipinski definition) is 2. The van der Waals surface area contributed by atoms with Crippen LogP contribution in [0, 0.1) is 0 Å². The van der Waals surface area contributed by atoms with Crippen LogP contribution in [0.3, 0.4) is 0 Å². The molecule has 0 spiro atoms. The van der Waals surface area contributed by atoms with Crippen molar-refractivity contribution in [3.05, 3.63) is 59.7 Å². The zero-order valence-corrected chi connectivity index (χ0v) is 18.8. The number of benzene rings is 2. The van der Waals surface area contributed by atoms with E-state index >= 15 is 0 Å². The van der Waals surface area contributed by atoms with Gasteiger partial charge in [-0.3, -0.25) is 9.59 Å². The Morgan fingerprint density at radius 1 is 1.09 bits per heavy atom. The molecule has 2 N–H and O–H groups in total. The molecule has 0 bridgehead atoms. The first-order chi connectivity index (χ1) is 16.0. The lowest BCUT2D eigenvalue weighted by molar-refractivity contribution is -0.140. The number of alkyl carbamates (subject to hydrolysis) is 1. The van der Waals surface area contributed by atoms with Gasteiger partial charge in [-0.2, -0.15) is 0 Å². The van der Waals surface area contributed by atoms with Crippen LogP contribution in [-0.4, -0.2) is 53.2 Å². The molecule has 0 saturated carbocycles. The summed E-state index contributed by atoms with van der Waals surface area (Å²) in [6.45, 7) is 2.69. The van der Waals surface area contributed by atoms with Crippen molar-refractivity contribution >= 4 is 18.0 Å². The number of nitrogens with one attached hydrogen (secondary N) is 1. The fourth-order valence-corrected chi connectivity index (χ4v) is 5.01. The molecule has 174 valence electrons. The number of carbonyl (C=O) groups is 3. The molecule has 2 atom stereocenters. The van der Waals surface area contributed by atoms with Gasteiger partial charge in [0.2, 0.25) is 5.91 Å². The number of amides is 2. The summed E-state index contributed by atoms with van der Waals surface area (Å²) < 4.78 is 5.60. The fraction of sp³-hybridized carbons (Fsp3) is 0.423. The van der Waals surface area contributed by atoms with Gasteiger partial charge in [0.1, 0.15) is 6.61 Å². The molecule has 7 nitrogen and oxygen atoms in total. The molecule has 1 fully saturated rings. The highest BCUT2D eigenvalue weighted by molar-refractivity contribution is 5.80. The van der Waals surface area contributed by atoms with Gasteiger partial charge in [0, 0.05) is 31.0 Å². The van der Waals surface area contributed by atoms with Gasteiger partial charge >= 0.3 is 12.1 Å². The van der Waals surface area contributed by atoms with Crippen molar-refractivity contribution in [1.82, 2.24) is 10.2 Å². The number of fused-ring (bicyclic) bond motifs is 3. The second kappa shape index (κ2) is 10.1. The van der Waals surface area contributed by atoms with E-state index in [1.54, 1.807) is 4.90 Å². The number of carboxylic acids is 1. The third kappa shape index (κ3) is 5.02. The highest BCUT2D eigenvalue weighted by Gasteiger charge is 2.32. The van der Waals surface area contributed by atoms with E-state index in [1.807, 2.05) is 31.2 Å². The largest absolute Gasteiger partial charge is 0.481 e. The Morgan fingerprint density at radius 3 is 2.33 bits per heavy atom. The minimum Gasteiger partial charge on any atom is -0.481 e. The number of likely N-dealkylation sites (tertiary alicyclic amines) is 1. The van der Waals surface area contributed by atoms with Crippen LogP contribution in [0.2, 0.25) is 0 Å². The van der Waals surface area contributed by atoms with Crippen LogP contribution < -0.4 is 5.32 Å². The van der Waals surface area contributed by atoms with Gasteiger partial charge in [-0.15, -0.1) is 0 Å². The molecule has 4 rings (SSSR count). The normalized spacial score (nSPS) is 17.8. The zero-order chi connectivity index (χ0) is 23.4. The molecule has 1 saturated heterocycles. The molecule has 33 heavy (non-hydrogen) atoms. The van der Waals surface area contributed by atoms with Gasteiger partial charge in [0.05, 0.1) is 6.42 Å². The van der Waals surface area contributed by atoms with E-state index in [0.29, 0.717) is 19.4 Å². The molecule has 0 radical (unpaired) electrons. The highest BCUT2D eigenvalue weighted by Crippen LogP contribution is 2.44. The summed E-state index contributed by atoms with van der Waals surface area (Å²) >= 11 is 0. The van der Waals surface area contributed by atoms with Crippen molar-refractivity contribution < 1.29 is 24.2 Å². The molecule has 2 aromatic carbocycles. The molecule has 0 aromatic heterocycles. The lowest BCUT2D eigenvalue weighted by atomic mass is 9.98. The first-order valence-electron chi connectivity index (χ1n) is 11.6. The van der Waals surface area contributed by atoms with Crippen LogP contribution in [-0.2, 0) is 14.3 Å². The van der Waals surface area contributed by atoms with Crippen molar-refractivity contribution in [2.24, 2.45) is 0 Å². The van der Waals surface area contributed by atoms with Crippen LogP contribution in [0.5, 0.6) is 0 Å². The molecule has 7 heteroatoms. The van der Waals surface area contributed by atoms with E-state index in [4.69, 9.17) is 9.84 Å². The van der Waals surface area contributed by atoms with Gasteiger partial charge < -0.3 is 20.1 Å². The number of carboxylic acid groups (broad SMARTS) is 1. The van der Waals surface area contributed by atoms with Crippen molar-refractivity contribution in [1.29, 1.82) is 0 Å². The van der Waals surface area contributed by atoms with Crippen LogP contribution in [0.25, 0.3) is 11.1 Å². The van der Waals surface area contributed by atoms with Gasteiger partial charge in [-0.1, -0.05) is 55.5 Å². The van der Waals surface area contributed by atoms with Crippen LogP contribution >= 0.6 is 0 Å². The molecule has 1 aliphatic carbocycles. The number of carbonyl (C=O) groups excluding carboxylic acids is 2. The monoisotopic (exact) mass is 450 g/mol. The van der Waals surface area contributed by atoms with Crippen molar-refractivity contribution in [3.63, 3.8) is 0 Å². The Morgan fingerprint density at radius 2 is 1.73 bits per heavy atom. The Labute approximate surface area is 193 Å². The van der Waals surface area contributed by atoms with Crippen molar-refractivity contribution in [2.75, 3.05) is 13.2 Å². The predicted octanol–water partition coefficient (Wildman–Crippen LogP) is 4.16. The van der Waals surface area contributed by atoms with E-state index < -0.39 is 12.1 Å². The second-order valence-corrected chi connectivity index (χ2v) is 8.76. The first kappa shape index (κ1) is 22.8. The minimum atomic E-state index is -0.900. The SMILES string of the molecule is CC[C@H](CC(=O)N1CCCC1CC(=O)O)NC(=O)OCC1c2ccccc2-c2ccccc21. The van der Waals surface area contributed by atoms with Crippen LogP contribution in [0.1, 0.15) is 56.1 Å². The number of aliphatic carboxylic acids is 1. The van der Waals surface area contributed by atoms with Gasteiger partial charge in [-0.05, 0) is 41.5 Å². The predicted molar refractivity (Wildman–Crippen MR) is 124 cm³/mol. The Balaban J connectivity index is 1.34. The van der Waals surface area contributed by atoms with Crippen molar-refractivity contribution in [2.45, 2.75) is 57.0 Å². The lowest BCUT2D eigenvalue weighted by Crippen LogP contribution is -2.43. The van der Waals surface area contributed by atoms with Gasteiger partial charge in [0.25, 0.3) is 0 Å². The van der Waals surface area contributed by atoms with Crippen LogP contribution in [0.15, 0.2) is 48.5 Å². The van der Waals surface area contributed by atoms with E-state index in [-0.39, 0.29) is 43.4 Å². The second-order valence-electron chi connectivity index (χ2n) is 8.76. The summed E-state index contributed by atoms with van der Waals surface area (Å²) in [4.78, 5) is 38.1. The topological polar surface area (TPSA) is 95.9 Å². The number of hydrogen-bond acceptors (Lipinski definition) is 4. The molecule has 1 unspecified atom stereocenters. The van der Waals surface area contributed by atoms with E-state index in [1.165, 1.54) is 11.1 Å². The number of nitrogens with zero attached hydrogens (tertiary/aromatic N) is 1. The first-order valence-corrected chi connectivity index (χ1v) is 11.6. The summed E-state index contributed by atoms with van der Waals surface area (Å²) in [6.07, 6.45) is 1.64. The third-order valence-electron chi connectivity index (χ3n) is 6.69. The molecular weight excluding hydrogens is 420 g/mol.